The number of rotatable bonds is 39. The predicted molar refractivity (Wildman–Crippen MR) is 519 cm³/mol. The van der Waals surface area contributed by atoms with Crippen molar-refractivity contribution in [2.45, 2.75) is 71.6 Å². The van der Waals surface area contributed by atoms with Crippen LogP contribution in [0.25, 0.3) is 33.1 Å². The minimum Gasteiger partial charge on any atom is -0.495 e. The highest BCUT2D eigenvalue weighted by Crippen LogP contribution is 2.42. The molecule has 3 aliphatic heterocycles. The highest BCUT2D eigenvalue weighted by molar-refractivity contribution is 6.76. The fourth-order valence-electron chi connectivity index (χ4n) is 13.6. The normalized spacial score (nSPS) is 13.6. The Labute approximate surface area is 753 Å². The molecule has 127 heavy (non-hydrogen) atoms. The Balaban J connectivity index is 0.000000199. The van der Waals surface area contributed by atoms with Crippen LogP contribution in [0.5, 0.6) is 17.2 Å². The van der Waals surface area contributed by atoms with Gasteiger partial charge in [0.1, 0.15) is 71.8 Å². The van der Waals surface area contributed by atoms with E-state index in [0.29, 0.717) is 142 Å². The van der Waals surface area contributed by atoms with Crippen molar-refractivity contribution < 1.29 is 57.4 Å². The van der Waals surface area contributed by atoms with Crippen molar-refractivity contribution in [1.29, 1.82) is 0 Å². The number of ether oxygens (including phenoxy) is 8. The van der Waals surface area contributed by atoms with Gasteiger partial charge in [0.15, 0.2) is 0 Å². The molecule has 0 bridgehead atoms. The molecule has 692 valence electrons. The van der Waals surface area contributed by atoms with Crippen LogP contribution in [0.4, 0.5) is 80.5 Å². The molecule has 6 aromatic heterocycles. The number of nitrogens with two attached hydrogens (primary N) is 1. The molecule has 12 rings (SSSR count). The van der Waals surface area contributed by atoms with E-state index in [2.05, 4.69) is 135 Å². The number of nitrogen functional groups attached to an aromatic ring is 1. The minimum absolute atomic E-state index is 0.211. The van der Waals surface area contributed by atoms with Crippen molar-refractivity contribution in [2.75, 3.05) is 278 Å². The van der Waals surface area contributed by atoms with E-state index in [1.807, 2.05) is 132 Å². The fraction of sp³-hybridized carbons (Fsp3) is 0.489. The van der Waals surface area contributed by atoms with Crippen LogP contribution in [0.3, 0.4) is 0 Å². The van der Waals surface area contributed by atoms with Crippen LogP contribution in [0.1, 0.15) is 0 Å². The molecule has 0 unspecified atom stereocenters. The lowest BCUT2D eigenvalue weighted by atomic mass is 10.2. The molecule has 3 amide bonds. The second-order valence-corrected chi connectivity index (χ2v) is 45.6. The highest BCUT2D eigenvalue weighted by Gasteiger charge is 2.27. The summed E-state index contributed by atoms with van der Waals surface area (Å²) in [5.41, 5.74) is 14.1. The third kappa shape index (κ3) is 29.1. The third-order valence-electron chi connectivity index (χ3n) is 21.0. The van der Waals surface area contributed by atoms with Crippen molar-refractivity contribution in [3.05, 3.63) is 116 Å². The van der Waals surface area contributed by atoms with Crippen LogP contribution in [0, 0.1) is 0 Å². The first-order chi connectivity index (χ1) is 60.6. The second kappa shape index (κ2) is 47.8. The van der Waals surface area contributed by atoms with Crippen LogP contribution < -0.4 is 75.9 Å². The first-order valence-corrected chi connectivity index (χ1v) is 50.3. The number of nitrogens with zero attached hydrogens (tertiary/aromatic N) is 18. The number of morpholine rings is 3. The van der Waals surface area contributed by atoms with E-state index in [1.54, 1.807) is 44.2 Å². The van der Waals surface area contributed by atoms with Crippen molar-refractivity contribution in [2.24, 2.45) is 0 Å². The summed E-state index contributed by atoms with van der Waals surface area (Å²) in [7, 11) is 20.5. The molecule has 3 aliphatic rings. The van der Waals surface area contributed by atoms with E-state index >= 15 is 0 Å². The zero-order valence-corrected chi connectivity index (χ0v) is 80.2. The Hall–Kier alpha value is -10.9. The molecule has 36 nitrogen and oxygen atoms in total. The number of hydrogen-bond acceptors (Lipinski definition) is 30. The second-order valence-electron chi connectivity index (χ2n) is 34.0. The van der Waals surface area contributed by atoms with E-state index in [0.717, 1.165) is 146 Å². The Morgan fingerprint density at radius 2 is 0.787 bits per heavy atom. The maximum Gasteiger partial charge on any atom is 0.247 e. The number of amides is 3. The van der Waals surface area contributed by atoms with Gasteiger partial charge >= 0.3 is 0 Å². The molecule has 3 saturated heterocycles. The number of anilines is 14. The number of nitrogens with one attached hydrogen (secondary N) is 5. The summed E-state index contributed by atoms with van der Waals surface area (Å²) >= 11 is 6.16. The zero-order valence-electron chi connectivity index (χ0n) is 77.4. The topological polar surface area (TPSA) is 353 Å². The summed E-state index contributed by atoms with van der Waals surface area (Å²) in [4.78, 5) is 83.6. The number of benzene rings is 3. The molecule has 8 N–H and O–H groups in total. The number of carbonyl (C=O) groups excluding carboxylic acids is 3. The maximum atomic E-state index is 12.4. The molecular formula is C88H133ClN24O12Si2. The molecule has 3 fully saturated rings. The summed E-state index contributed by atoms with van der Waals surface area (Å²) < 4.78 is 51.0. The number of fused-ring (bicyclic) bond motifs is 3. The average Bonchev–Trinajstić information content (AvgIpc) is 1.66. The maximum absolute atomic E-state index is 12.4. The molecule has 0 saturated carbocycles. The van der Waals surface area contributed by atoms with E-state index in [9.17, 15) is 19.5 Å². The SMILES string of the molecule is C=CC(=O)Nc1cc(N)c(OC)cc1N(C)CCN(C)C.C=CC(=O)Nc1cc(Nc2nc(N3CCOCC3)c3ccn(CO)c3n2)c(OC)cc1N(C)CCN(C)C.C=CC(=O)Nc1cc(Nc2nc(N3CCOCC3)c3ccn(COCC[Si](C)(C)C)c3n2)c(OC)cc1N(C)CCN(C)C.C[Si](C)(C)CCOCn1ccc2c(N3CCOCC3)nc(Cl)nc21. The Morgan fingerprint density at radius 1 is 0.465 bits per heavy atom. The molecule has 0 radical (unpaired) electrons. The summed E-state index contributed by atoms with van der Waals surface area (Å²) in [5.74, 6) is 4.05. The van der Waals surface area contributed by atoms with Gasteiger partial charge < -0.3 is 133 Å². The van der Waals surface area contributed by atoms with Gasteiger partial charge in [0.25, 0.3) is 0 Å². The average molecular weight is 1810 g/mol. The van der Waals surface area contributed by atoms with Crippen LogP contribution in [-0.4, -0.2) is 313 Å². The number of aromatic nitrogens is 9. The van der Waals surface area contributed by atoms with E-state index < -0.39 is 16.1 Å². The first-order valence-electron chi connectivity index (χ1n) is 42.5. The minimum atomic E-state index is -1.20. The Kier molecular flexibility index (Phi) is 37.6. The van der Waals surface area contributed by atoms with Gasteiger partial charge in [-0.1, -0.05) is 59.0 Å². The summed E-state index contributed by atoms with van der Waals surface area (Å²) in [6.45, 7) is 40.2. The van der Waals surface area contributed by atoms with E-state index in [-0.39, 0.29) is 29.7 Å². The summed E-state index contributed by atoms with van der Waals surface area (Å²) in [6.07, 6.45) is 9.50. The molecular weight excluding hydrogens is 1680 g/mol. The van der Waals surface area contributed by atoms with Crippen LogP contribution in [0.2, 0.25) is 56.7 Å². The van der Waals surface area contributed by atoms with Crippen molar-refractivity contribution in [3.63, 3.8) is 0 Å². The van der Waals surface area contributed by atoms with Gasteiger partial charge in [-0.25, -0.2) is 0 Å². The first kappa shape index (κ1) is 99.9. The van der Waals surface area contributed by atoms with Gasteiger partial charge in [-0.15, -0.1) is 0 Å². The highest BCUT2D eigenvalue weighted by atomic mass is 35.5. The molecule has 0 atom stereocenters. The molecule has 9 heterocycles. The number of methoxy groups -OCH3 is 3. The number of aliphatic hydroxyl groups excluding tert-OH is 1. The standard InChI is InChI=1S/C31H48N8O4Si.C26H36N8O4.C16H25ClN4O2Si.C15H24N4O2/c1-9-28(40)32-24-20-25(27(41-5)21-26(24)37(4)13-12-36(2)3)33-31-34-29(38-14-16-42-17-15-38)23-10-11-39(30(23)35-31)22-43-18-19-44(6,7)8;1-6-23(36)27-19-15-20(22(37-5)16-21(19)32(4)10-9-31(2)3)28-26-29-24(33-11-13-38-14-12-33)18-7-8-34(17-35)25(18)30-26;1-24(2,3)11-10-23-12-21-5-4-13-14(18-16(17)19-15(13)21)20-6-8-22-9-7-20;1-6-15(20)17-12-9-11(16)14(21-5)10-13(12)19(4)8-7-18(2)3/h9-11,20-21H,1,12-19,22H2,2-8H3,(H,32,40)(H,33,34,35);6-8,15-16,35H,1,9-14,17H2,2-5H3,(H,27,36)(H,28,29,30);4-5H,6-12H2,1-3H3;6,9-10H,1,7-8,16H2,2-5H3,(H,17,20). The molecule has 39 heteroatoms. The van der Waals surface area contributed by atoms with Gasteiger partial charge in [0.2, 0.25) is 34.9 Å². The van der Waals surface area contributed by atoms with Gasteiger partial charge in [-0.2, -0.15) is 29.9 Å². The Bertz CT molecular complexity index is 5140. The quantitative estimate of drug-likeness (QED) is 0.00618. The Morgan fingerprint density at radius 3 is 1.12 bits per heavy atom. The van der Waals surface area contributed by atoms with Crippen molar-refractivity contribution in [3.8, 4) is 17.2 Å². The lowest BCUT2D eigenvalue weighted by Crippen LogP contribution is -2.37. The molecule has 3 aromatic carbocycles. The van der Waals surface area contributed by atoms with Crippen LogP contribution in [0.15, 0.2) is 111 Å². The number of aliphatic hydroxyl groups is 1. The largest absolute Gasteiger partial charge is 0.495 e. The number of hydrogen-bond donors (Lipinski definition) is 7. The summed E-state index contributed by atoms with van der Waals surface area (Å²) in [5, 5.41) is 28.2. The summed E-state index contributed by atoms with van der Waals surface area (Å²) in [6, 6.07) is 19.2. The number of halogens is 1. The lowest BCUT2D eigenvalue weighted by molar-refractivity contribution is -0.112. The fourth-order valence-corrected chi connectivity index (χ4v) is 15.2. The van der Waals surface area contributed by atoms with E-state index in [4.69, 9.17) is 75.2 Å². The number of likely N-dealkylation sites (N-methyl/N-ethyl adjacent to an activating group) is 6. The van der Waals surface area contributed by atoms with Crippen molar-refractivity contribution in [1.82, 2.24) is 58.3 Å². The molecule has 9 aromatic rings. The lowest BCUT2D eigenvalue weighted by Gasteiger charge is -2.28. The molecule has 0 spiro atoms. The van der Waals surface area contributed by atoms with Crippen LogP contribution in [-0.2, 0) is 58.3 Å². The van der Waals surface area contributed by atoms with Gasteiger partial charge in [0, 0.05) is 166 Å². The third-order valence-corrected chi connectivity index (χ3v) is 24.6. The molecule has 0 aliphatic carbocycles. The predicted octanol–water partition coefficient (Wildman–Crippen LogP) is 11.2. The smallest absolute Gasteiger partial charge is 0.247 e. The van der Waals surface area contributed by atoms with Gasteiger partial charge in [-0.3, -0.25) is 14.4 Å². The zero-order chi connectivity index (χ0) is 92.2. The monoisotopic (exact) mass is 1810 g/mol. The van der Waals surface area contributed by atoms with Crippen LogP contribution >= 0.6 is 11.6 Å². The van der Waals surface area contributed by atoms with Crippen molar-refractivity contribution >= 4 is 159 Å². The van der Waals surface area contributed by atoms with Gasteiger partial charge in [-0.05, 0) is 121 Å². The number of carbonyl (C=O) groups is 3. The van der Waals surface area contributed by atoms with Gasteiger partial charge in [0.05, 0.1) is 128 Å². The van der Waals surface area contributed by atoms with E-state index in [1.165, 1.54) is 18.2 Å².